The number of nitrogens with one attached hydrogen (secondary N) is 2. The van der Waals surface area contributed by atoms with Crippen LogP contribution in [0.4, 0.5) is 18.9 Å². The number of piperidine rings is 1. The van der Waals surface area contributed by atoms with E-state index in [2.05, 4.69) is 5.32 Å². The maximum absolute atomic E-state index is 13.1. The van der Waals surface area contributed by atoms with Crippen LogP contribution < -0.4 is 10.0 Å². The fourth-order valence-corrected chi connectivity index (χ4v) is 6.48. The molecule has 1 aliphatic rings. The van der Waals surface area contributed by atoms with Crippen molar-refractivity contribution >= 4 is 31.6 Å². The molecule has 1 amide bonds. The largest absolute Gasteiger partial charge is 0.417 e. The fraction of sp³-hybridized carbons (Fsp3) is 0.409. The Balaban J connectivity index is 1.66. The monoisotopic (exact) mass is 533 g/mol. The molecule has 0 aromatic heterocycles. The normalized spacial score (nSPS) is 15.7. The van der Waals surface area contributed by atoms with Gasteiger partial charge in [-0.2, -0.15) is 17.5 Å². The highest BCUT2D eigenvalue weighted by Crippen LogP contribution is 2.33. The van der Waals surface area contributed by atoms with Gasteiger partial charge in [-0.25, -0.2) is 21.6 Å². The van der Waals surface area contributed by atoms with E-state index < -0.39 is 49.1 Å². The number of nitrogens with zero attached hydrogens (tertiary/aromatic N) is 1. The molecule has 0 saturated carbocycles. The van der Waals surface area contributed by atoms with Gasteiger partial charge in [-0.05, 0) is 49.6 Å². The second kappa shape index (κ2) is 10.6. The van der Waals surface area contributed by atoms with Gasteiger partial charge in [-0.3, -0.25) is 4.79 Å². The van der Waals surface area contributed by atoms with Crippen molar-refractivity contribution in [3.8, 4) is 0 Å². The van der Waals surface area contributed by atoms with E-state index in [0.29, 0.717) is 24.7 Å². The van der Waals surface area contributed by atoms with Crippen LogP contribution in [0, 0.1) is 6.92 Å². The number of hydrogen-bond acceptors (Lipinski definition) is 5. The SMILES string of the molecule is Cc1ccc(S(=O)(=O)N2CCCCC2)cc1NC(=O)CCNS(=O)(=O)c1ccccc1C(F)(F)F. The Hall–Kier alpha value is -2.48. The fourth-order valence-electron chi connectivity index (χ4n) is 3.68. The molecule has 2 aromatic carbocycles. The lowest BCUT2D eigenvalue weighted by Crippen LogP contribution is -2.35. The highest BCUT2D eigenvalue weighted by atomic mass is 32.2. The second-order valence-corrected chi connectivity index (χ2v) is 11.8. The van der Waals surface area contributed by atoms with Crippen molar-refractivity contribution in [3.63, 3.8) is 0 Å². The van der Waals surface area contributed by atoms with E-state index >= 15 is 0 Å². The molecule has 1 heterocycles. The van der Waals surface area contributed by atoms with E-state index in [0.717, 1.165) is 31.4 Å². The summed E-state index contributed by atoms with van der Waals surface area (Å²) in [6.45, 7) is 2.07. The van der Waals surface area contributed by atoms with Gasteiger partial charge in [0.2, 0.25) is 26.0 Å². The summed E-state index contributed by atoms with van der Waals surface area (Å²) in [5.41, 5.74) is -0.465. The number of halogens is 3. The van der Waals surface area contributed by atoms with Gasteiger partial charge in [-0.1, -0.05) is 24.6 Å². The van der Waals surface area contributed by atoms with Crippen molar-refractivity contribution < 1.29 is 34.8 Å². The molecular weight excluding hydrogens is 507 g/mol. The van der Waals surface area contributed by atoms with Gasteiger partial charge >= 0.3 is 6.18 Å². The number of amides is 1. The van der Waals surface area contributed by atoms with E-state index in [1.807, 2.05) is 4.72 Å². The topological polar surface area (TPSA) is 113 Å². The van der Waals surface area contributed by atoms with Crippen molar-refractivity contribution in [1.29, 1.82) is 0 Å². The summed E-state index contributed by atoms with van der Waals surface area (Å²) in [5.74, 6) is -0.632. The minimum atomic E-state index is -4.86. The first-order chi connectivity index (χ1) is 16.3. The Morgan fingerprint density at radius 1 is 1.00 bits per heavy atom. The van der Waals surface area contributed by atoms with E-state index in [4.69, 9.17) is 0 Å². The number of hydrogen-bond donors (Lipinski definition) is 2. The number of benzene rings is 2. The Labute approximate surface area is 202 Å². The molecule has 0 radical (unpaired) electrons. The third-order valence-electron chi connectivity index (χ3n) is 5.56. The lowest BCUT2D eigenvalue weighted by atomic mass is 10.2. The van der Waals surface area contributed by atoms with Gasteiger partial charge in [0.25, 0.3) is 0 Å². The van der Waals surface area contributed by atoms with E-state index in [1.165, 1.54) is 22.5 Å². The number of aryl methyl sites for hydroxylation is 1. The average Bonchev–Trinajstić information content (AvgIpc) is 2.80. The Bertz CT molecular complexity index is 1290. The zero-order chi connectivity index (χ0) is 25.9. The molecule has 1 aliphatic heterocycles. The molecule has 35 heavy (non-hydrogen) atoms. The number of alkyl halides is 3. The number of carbonyl (C=O) groups excluding carboxylic acids is 1. The van der Waals surface area contributed by atoms with Gasteiger partial charge in [0.15, 0.2) is 0 Å². The Morgan fingerprint density at radius 2 is 1.66 bits per heavy atom. The first-order valence-corrected chi connectivity index (χ1v) is 13.8. The van der Waals surface area contributed by atoms with Crippen LogP contribution in [-0.4, -0.2) is 46.7 Å². The molecule has 0 atom stereocenters. The minimum absolute atomic E-state index is 0.0322. The van der Waals surface area contributed by atoms with Crippen LogP contribution in [0.1, 0.15) is 36.8 Å². The van der Waals surface area contributed by atoms with Crippen LogP contribution in [0.25, 0.3) is 0 Å². The summed E-state index contributed by atoms with van der Waals surface area (Å²) in [4.78, 5) is 11.5. The summed E-state index contributed by atoms with van der Waals surface area (Å²) in [5, 5.41) is 2.55. The molecule has 0 unspecified atom stereocenters. The van der Waals surface area contributed by atoms with Crippen molar-refractivity contribution in [1.82, 2.24) is 9.03 Å². The molecule has 13 heteroatoms. The Morgan fingerprint density at radius 3 is 2.31 bits per heavy atom. The maximum atomic E-state index is 13.1. The molecular formula is C22H26F3N3O5S2. The quantitative estimate of drug-likeness (QED) is 0.540. The number of carbonyl (C=O) groups is 1. The summed E-state index contributed by atoms with van der Waals surface area (Å²) in [6, 6.07) is 8.12. The van der Waals surface area contributed by atoms with Crippen LogP contribution in [0.5, 0.6) is 0 Å². The predicted octanol–water partition coefficient (Wildman–Crippen LogP) is 3.50. The molecule has 0 spiro atoms. The molecule has 0 bridgehead atoms. The molecule has 3 rings (SSSR count). The summed E-state index contributed by atoms with van der Waals surface area (Å²) < 4.78 is 93.4. The van der Waals surface area contributed by atoms with Crippen LogP contribution in [-0.2, 0) is 31.0 Å². The van der Waals surface area contributed by atoms with Crippen molar-refractivity contribution in [2.75, 3.05) is 25.0 Å². The van der Waals surface area contributed by atoms with Crippen LogP contribution in [0.3, 0.4) is 0 Å². The first kappa shape index (κ1) is 27.1. The standard InChI is InChI=1S/C22H26F3N3O5S2/c1-16-9-10-17(35(32,33)28-13-5-2-6-14-28)15-19(16)27-21(29)11-12-26-34(30,31)20-8-4-3-7-18(20)22(23,24)25/h3-4,7-10,15,26H,2,5-6,11-14H2,1H3,(H,27,29). The number of anilines is 1. The predicted molar refractivity (Wildman–Crippen MR) is 124 cm³/mol. The molecule has 2 N–H and O–H groups in total. The van der Waals surface area contributed by atoms with E-state index in [1.54, 1.807) is 13.0 Å². The molecule has 1 saturated heterocycles. The van der Waals surface area contributed by atoms with E-state index in [-0.39, 0.29) is 17.0 Å². The van der Waals surface area contributed by atoms with Crippen LogP contribution in [0.2, 0.25) is 0 Å². The minimum Gasteiger partial charge on any atom is -0.326 e. The zero-order valence-electron chi connectivity index (χ0n) is 18.9. The molecule has 0 aliphatic carbocycles. The van der Waals surface area contributed by atoms with Gasteiger partial charge in [0, 0.05) is 31.7 Å². The van der Waals surface area contributed by atoms with Gasteiger partial charge in [0.1, 0.15) is 0 Å². The first-order valence-electron chi connectivity index (χ1n) is 10.9. The summed E-state index contributed by atoms with van der Waals surface area (Å²) in [6.07, 6.45) is -2.72. The Kier molecular flexibility index (Phi) is 8.25. The molecule has 1 fully saturated rings. The third-order valence-corrected chi connectivity index (χ3v) is 8.98. The number of sulfonamides is 2. The summed E-state index contributed by atoms with van der Waals surface area (Å²) in [7, 11) is -8.25. The number of rotatable bonds is 8. The zero-order valence-corrected chi connectivity index (χ0v) is 20.6. The van der Waals surface area contributed by atoms with Gasteiger partial charge in [0.05, 0.1) is 15.4 Å². The molecule has 192 valence electrons. The third kappa shape index (κ3) is 6.60. The lowest BCUT2D eigenvalue weighted by molar-refractivity contribution is -0.139. The van der Waals surface area contributed by atoms with Crippen molar-refractivity contribution in [2.24, 2.45) is 0 Å². The van der Waals surface area contributed by atoms with Crippen molar-refractivity contribution in [3.05, 3.63) is 53.6 Å². The van der Waals surface area contributed by atoms with Crippen molar-refractivity contribution in [2.45, 2.75) is 48.6 Å². The summed E-state index contributed by atoms with van der Waals surface area (Å²) >= 11 is 0. The van der Waals surface area contributed by atoms with Gasteiger partial charge in [-0.15, -0.1) is 0 Å². The average molecular weight is 534 g/mol. The smallest absolute Gasteiger partial charge is 0.326 e. The van der Waals surface area contributed by atoms with Crippen LogP contribution >= 0.6 is 0 Å². The van der Waals surface area contributed by atoms with E-state index in [9.17, 15) is 34.8 Å². The lowest BCUT2D eigenvalue weighted by Gasteiger charge is -2.26. The van der Waals surface area contributed by atoms with Crippen LogP contribution in [0.15, 0.2) is 52.3 Å². The highest BCUT2D eigenvalue weighted by molar-refractivity contribution is 7.89. The maximum Gasteiger partial charge on any atom is 0.417 e. The second-order valence-electron chi connectivity index (χ2n) is 8.13. The highest BCUT2D eigenvalue weighted by Gasteiger charge is 2.36. The molecule has 2 aromatic rings. The van der Waals surface area contributed by atoms with Gasteiger partial charge < -0.3 is 5.32 Å². The molecule has 8 nitrogen and oxygen atoms in total.